The minimum absolute atomic E-state index is 0.157. The van der Waals surface area contributed by atoms with Crippen molar-refractivity contribution in [2.24, 2.45) is 11.5 Å². The summed E-state index contributed by atoms with van der Waals surface area (Å²) in [4.78, 5) is 70.7. The predicted molar refractivity (Wildman–Crippen MR) is 101 cm³/mol. The number of carbonyl (C=O) groups is 6. The van der Waals surface area contributed by atoms with Crippen LogP contribution in [0.15, 0.2) is 0 Å². The number of aliphatic carboxylic acids is 2. The normalized spacial score (nSPS) is 17.6. The third-order valence-corrected chi connectivity index (χ3v) is 4.59. The number of likely N-dealkylation sites (tertiary alicyclic amines) is 1. The van der Waals surface area contributed by atoms with Crippen LogP contribution in [0.25, 0.3) is 0 Å². The minimum atomic E-state index is -1.23. The lowest BCUT2D eigenvalue weighted by atomic mass is 10.1. The molecule has 0 saturated carbocycles. The van der Waals surface area contributed by atoms with Gasteiger partial charge in [0.15, 0.2) is 0 Å². The number of carboxylic acids is 2. The molecule has 0 spiro atoms. The van der Waals surface area contributed by atoms with E-state index in [1.54, 1.807) is 0 Å². The number of nitrogens with one attached hydrogen (secondary N) is 2. The number of nitrogens with two attached hydrogens (primary N) is 2. The maximum atomic E-state index is 12.4. The molecule has 13 nitrogen and oxygen atoms in total. The maximum absolute atomic E-state index is 12.4. The van der Waals surface area contributed by atoms with E-state index < -0.39 is 60.2 Å². The monoisotopic (exact) mass is 429 g/mol. The number of rotatable bonds is 12. The summed E-state index contributed by atoms with van der Waals surface area (Å²) in [6, 6.07) is -3.37. The van der Waals surface area contributed by atoms with Gasteiger partial charge in [0.1, 0.15) is 12.1 Å². The first-order valence-electron chi connectivity index (χ1n) is 9.39. The maximum Gasteiger partial charge on any atom is 0.326 e. The van der Waals surface area contributed by atoms with Crippen molar-refractivity contribution >= 4 is 35.6 Å². The Morgan fingerprint density at radius 1 is 1.03 bits per heavy atom. The molecule has 1 aliphatic heterocycles. The molecular weight excluding hydrogens is 402 g/mol. The predicted octanol–water partition coefficient (Wildman–Crippen LogP) is -2.88. The van der Waals surface area contributed by atoms with Gasteiger partial charge in [0.05, 0.1) is 12.6 Å². The van der Waals surface area contributed by atoms with E-state index in [1.807, 2.05) is 0 Å². The molecule has 4 amide bonds. The molecule has 0 radical (unpaired) electrons. The van der Waals surface area contributed by atoms with Crippen LogP contribution in [0, 0.1) is 0 Å². The number of amides is 4. The third kappa shape index (κ3) is 8.03. The van der Waals surface area contributed by atoms with Crippen molar-refractivity contribution in [3.05, 3.63) is 0 Å². The van der Waals surface area contributed by atoms with Crippen molar-refractivity contribution in [3.63, 3.8) is 0 Å². The highest BCUT2D eigenvalue weighted by molar-refractivity contribution is 5.93. The van der Waals surface area contributed by atoms with Gasteiger partial charge in [0, 0.05) is 19.4 Å². The van der Waals surface area contributed by atoms with Gasteiger partial charge in [-0.2, -0.15) is 0 Å². The molecule has 0 bridgehead atoms. The van der Waals surface area contributed by atoms with E-state index in [1.165, 1.54) is 0 Å². The number of carbonyl (C=O) groups excluding carboxylic acids is 4. The van der Waals surface area contributed by atoms with Crippen molar-refractivity contribution in [2.45, 2.75) is 56.7 Å². The summed E-state index contributed by atoms with van der Waals surface area (Å²) in [6.45, 7) is -0.234. The van der Waals surface area contributed by atoms with Crippen LogP contribution in [-0.2, 0) is 28.8 Å². The molecule has 1 aliphatic rings. The number of carboxylic acid groups (broad SMARTS) is 2. The van der Waals surface area contributed by atoms with E-state index in [-0.39, 0.29) is 32.2 Å². The van der Waals surface area contributed by atoms with Crippen LogP contribution >= 0.6 is 0 Å². The highest BCUT2D eigenvalue weighted by Gasteiger charge is 2.34. The Morgan fingerprint density at radius 2 is 1.70 bits per heavy atom. The summed E-state index contributed by atoms with van der Waals surface area (Å²) < 4.78 is 0. The Hall–Kier alpha value is -3.22. The first kappa shape index (κ1) is 24.8. The fraction of sp³-hybridized carbons (Fsp3) is 0.647. The van der Waals surface area contributed by atoms with Crippen LogP contribution in [0.5, 0.6) is 0 Å². The number of primary amides is 1. The Labute approximate surface area is 172 Å². The number of hydrogen-bond acceptors (Lipinski definition) is 7. The summed E-state index contributed by atoms with van der Waals surface area (Å²) in [5, 5.41) is 22.4. The molecular formula is C17H27N5O8. The zero-order chi connectivity index (χ0) is 22.8. The minimum Gasteiger partial charge on any atom is -0.481 e. The molecule has 0 aromatic heterocycles. The van der Waals surface area contributed by atoms with Crippen LogP contribution in [0.3, 0.4) is 0 Å². The molecule has 1 rings (SSSR count). The summed E-state index contributed by atoms with van der Waals surface area (Å²) in [5.74, 6) is -5.15. The lowest BCUT2D eigenvalue weighted by Gasteiger charge is -2.23. The lowest BCUT2D eigenvalue weighted by Crippen LogP contribution is -2.53. The van der Waals surface area contributed by atoms with Crippen LogP contribution in [0.2, 0.25) is 0 Å². The fourth-order valence-electron chi connectivity index (χ4n) is 2.95. The van der Waals surface area contributed by atoms with Gasteiger partial charge in [-0.1, -0.05) is 0 Å². The highest BCUT2D eigenvalue weighted by atomic mass is 16.4. The van der Waals surface area contributed by atoms with Crippen molar-refractivity contribution in [3.8, 4) is 0 Å². The number of hydrogen-bond donors (Lipinski definition) is 6. The molecule has 1 heterocycles. The molecule has 13 heteroatoms. The van der Waals surface area contributed by atoms with E-state index in [2.05, 4.69) is 10.6 Å². The van der Waals surface area contributed by atoms with Crippen LogP contribution < -0.4 is 22.1 Å². The van der Waals surface area contributed by atoms with Crippen molar-refractivity contribution < 1.29 is 39.0 Å². The van der Waals surface area contributed by atoms with Crippen molar-refractivity contribution in [1.29, 1.82) is 0 Å². The van der Waals surface area contributed by atoms with Gasteiger partial charge in [-0.25, -0.2) is 4.79 Å². The summed E-state index contributed by atoms with van der Waals surface area (Å²) in [7, 11) is 0. The van der Waals surface area contributed by atoms with Crippen molar-refractivity contribution in [1.82, 2.24) is 15.5 Å². The van der Waals surface area contributed by atoms with Gasteiger partial charge in [0.25, 0.3) is 0 Å². The van der Waals surface area contributed by atoms with Crippen molar-refractivity contribution in [2.75, 3.05) is 13.1 Å². The van der Waals surface area contributed by atoms with Gasteiger partial charge in [-0.3, -0.25) is 24.0 Å². The average molecular weight is 429 g/mol. The Bertz CT molecular complexity index is 698. The molecule has 0 aromatic rings. The molecule has 0 aromatic carbocycles. The zero-order valence-corrected chi connectivity index (χ0v) is 16.3. The second kappa shape index (κ2) is 11.7. The van der Waals surface area contributed by atoms with E-state index >= 15 is 0 Å². The average Bonchev–Trinajstić information content (AvgIpc) is 3.16. The molecule has 1 saturated heterocycles. The molecule has 1 fully saturated rings. The summed E-state index contributed by atoms with van der Waals surface area (Å²) >= 11 is 0. The first-order chi connectivity index (χ1) is 14.0. The molecule has 0 aliphatic carbocycles. The second-order valence-corrected chi connectivity index (χ2v) is 6.91. The Kier molecular flexibility index (Phi) is 9.68. The van der Waals surface area contributed by atoms with Crippen LogP contribution in [-0.4, -0.2) is 81.9 Å². The van der Waals surface area contributed by atoms with Gasteiger partial charge in [-0.15, -0.1) is 0 Å². The second-order valence-electron chi connectivity index (χ2n) is 6.91. The lowest BCUT2D eigenvalue weighted by molar-refractivity contribution is -0.148. The zero-order valence-electron chi connectivity index (χ0n) is 16.3. The largest absolute Gasteiger partial charge is 0.481 e. The van der Waals surface area contributed by atoms with E-state index in [4.69, 9.17) is 21.7 Å². The quantitative estimate of drug-likeness (QED) is 0.187. The standard InChI is InChI=1S/C17H27N5O8/c18-9(3-6-14(25)26)15(27)21-10(4-5-12(19)23)16(28)20-8-13(24)22-7-1-2-11(22)17(29)30/h9-11H,1-8,18H2,(H2,19,23)(H,20,28)(H,21,27)(H,25,26)(H,29,30). The van der Waals surface area contributed by atoms with E-state index in [0.717, 1.165) is 4.90 Å². The molecule has 3 unspecified atom stereocenters. The highest BCUT2D eigenvalue weighted by Crippen LogP contribution is 2.17. The molecule has 30 heavy (non-hydrogen) atoms. The van der Waals surface area contributed by atoms with E-state index in [9.17, 15) is 28.8 Å². The topological polar surface area (TPSA) is 222 Å². The fourth-order valence-corrected chi connectivity index (χ4v) is 2.95. The van der Waals surface area contributed by atoms with Crippen LogP contribution in [0.4, 0.5) is 0 Å². The first-order valence-corrected chi connectivity index (χ1v) is 9.39. The van der Waals surface area contributed by atoms with Gasteiger partial charge in [-0.05, 0) is 25.7 Å². The molecule has 168 valence electrons. The Balaban J connectivity index is 2.67. The third-order valence-electron chi connectivity index (χ3n) is 4.59. The summed E-state index contributed by atoms with van der Waals surface area (Å²) in [6.07, 6.45) is -0.0437. The number of nitrogens with zero attached hydrogens (tertiary/aromatic N) is 1. The SMILES string of the molecule is NC(=O)CCC(NC(=O)C(N)CCC(=O)O)C(=O)NCC(=O)N1CCCC1C(=O)O. The summed E-state index contributed by atoms with van der Waals surface area (Å²) in [5.41, 5.74) is 10.7. The van der Waals surface area contributed by atoms with Gasteiger partial charge < -0.3 is 37.2 Å². The smallest absolute Gasteiger partial charge is 0.326 e. The van der Waals surface area contributed by atoms with Gasteiger partial charge >= 0.3 is 11.9 Å². The molecule has 3 atom stereocenters. The van der Waals surface area contributed by atoms with Crippen LogP contribution in [0.1, 0.15) is 38.5 Å². The van der Waals surface area contributed by atoms with E-state index in [0.29, 0.717) is 12.8 Å². The molecule has 8 N–H and O–H groups in total. The Morgan fingerprint density at radius 3 is 2.27 bits per heavy atom. The van der Waals surface area contributed by atoms with Gasteiger partial charge in [0.2, 0.25) is 23.6 Å².